The van der Waals surface area contributed by atoms with Crippen molar-refractivity contribution in [2.45, 2.75) is 56.1 Å². The number of hydrogen-bond donors (Lipinski definition) is 0. The fraction of sp³-hybridized carbons (Fsp3) is 0.519. The average Bonchev–Trinajstić information content (AvgIpc) is 2.86. The second kappa shape index (κ2) is 10.4. The molecule has 37 heavy (non-hydrogen) atoms. The highest BCUT2D eigenvalue weighted by Gasteiger charge is 2.52. The first-order chi connectivity index (χ1) is 17.4. The summed E-state index contributed by atoms with van der Waals surface area (Å²) in [6.45, 7) is 7.20. The zero-order chi connectivity index (χ0) is 27.0. The predicted molar refractivity (Wildman–Crippen MR) is 137 cm³/mol. The van der Waals surface area contributed by atoms with Crippen molar-refractivity contribution in [1.82, 2.24) is 4.90 Å². The van der Waals surface area contributed by atoms with Crippen LogP contribution in [0.4, 0.5) is 13.6 Å². The number of benzene rings is 2. The molecule has 2 heterocycles. The maximum absolute atomic E-state index is 15.2. The minimum absolute atomic E-state index is 0.0935. The van der Waals surface area contributed by atoms with Crippen molar-refractivity contribution in [3.05, 3.63) is 58.6 Å². The quantitative estimate of drug-likeness (QED) is 0.429. The van der Waals surface area contributed by atoms with Crippen molar-refractivity contribution in [1.29, 1.82) is 0 Å². The lowest BCUT2D eigenvalue weighted by molar-refractivity contribution is 0.0666. The molecule has 1 amide bonds. The first-order valence-corrected chi connectivity index (χ1v) is 14.3. The molecule has 0 bridgehead atoms. The van der Waals surface area contributed by atoms with Gasteiger partial charge >= 0.3 is 6.09 Å². The van der Waals surface area contributed by atoms with Gasteiger partial charge < -0.3 is 14.4 Å². The van der Waals surface area contributed by atoms with Gasteiger partial charge in [0.25, 0.3) is 0 Å². The molecule has 2 aliphatic heterocycles. The molecule has 0 saturated carbocycles. The Morgan fingerprint density at radius 2 is 1.73 bits per heavy atom. The third-order valence-corrected chi connectivity index (χ3v) is 10.4. The number of piperidine rings is 1. The maximum Gasteiger partial charge on any atom is 0.409 e. The zero-order valence-electron chi connectivity index (χ0n) is 21.2. The summed E-state index contributed by atoms with van der Waals surface area (Å²) in [6.07, 6.45) is 0.753. The summed E-state index contributed by atoms with van der Waals surface area (Å²) in [4.78, 5) is 14.3. The van der Waals surface area contributed by atoms with Gasteiger partial charge in [-0.25, -0.2) is 22.0 Å². The van der Waals surface area contributed by atoms with Crippen LogP contribution in [0.2, 0.25) is 5.02 Å². The van der Waals surface area contributed by atoms with Gasteiger partial charge in [0.1, 0.15) is 10.6 Å². The summed E-state index contributed by atoms with van der Waals surface area (Å²) in [5.74, 6) is -1.70. The molecule has 2 aliphatic rings. The molecular weight excluding hydrogens is 524 g/mol. The number of fused-ring (bicyclic) bond motifs is 1. The lowest BCUT2D eigenvalue weighted by Gasteiger charge is -2.39. The zero-order valence-corrected chi connectivity index (χ0v) is 22.8. The van der Waals surface area contributed by atoms with Crippen LogP contribution in [-0.2, 0) is 19.3 Å². The monoisotopic (exact) mass is 555 g/mol. The number of sulfone groups is 1. The maximum atomic E-state index is 15.2. The Balaban J connectivity index is 1.61. The Morgan fingerprint density at radius 1 is 1.11 bits per heavy atom. The number of carbonyl (C=O) groups is 1. The van der Waals surface area contributed by atoms with E-state index >= 15 is 4.39 Å². The van der Waals surface area contributed by atoms with E-state index in [2.05, 4.69) is 20.8 Å². The fourth-order valence-corrected chi connectivity index (χ4v) is 7.59. The van der Waals surface area contributed by atoms with Crippen LogP contribution < -0.4 is 4.74 Å². The van der Waals surface area contributed by atoms with E-state index in [-0.39, 0.29) is 41.9 Å². The first-order valence-electron chi connectivity index (χ1n) is 12.4. The predicted octanol–water partition coefficient (Wildman–Crippen LogP) is 6.35. The Morgan fingerprint density at radius 3 is 2.35 bits per heavy atom. The number of hydrogen-bond acceptors (Lipinski definition) is 5. The van der Waals surface area contributed by atoms with Crippen LogP contribution in [0, 0.1) is 23.0 Å². The normalized spacial score (nSPS) is 20.8. The van der Waals surface area contributed by atoms with Crippen LogP contribution >= 0.6 is 11.6 Å². The van der Waals surface area contributed by atoms with E-state index in [1.54, 1.807) is 4.90 Å². The third-order valence-electron chi connectivity index (χ3n) is 7.61. The van der Waals surface area contributed by atoms with E-state index in [1.807, 2.05) is 0 Å². The molecule has 6 nitrogen and oxygen atoms in total. The molecule has 0 N–H and O–H groups in total. The summed E-state index contributed by atoms with van der Waals surface area (Å²) in [5.41, 5.74) is -0.232. The molecule has 0 aromatic heterocycles. The number of amides is 1. The Labute approximate surface area is 221 Å². The van der Waals surface area contributed by atoms with Crippen LogP contribution in [-0.4, -0.2) is 45.7 Å². The standard InChI is InChI=1S/C27H32ClF2NO5S/c1-26(2,3)18-10-14-31(15-11-18)25(32)36-17-13-27(37(33,34)20-6-4-19(28)5-7-20)12-16-35-24-22(30)9-8-21(29)23(24)27/h4-9,18H,10-17H2,1-3H3. The van der Waals surface area contributed by atoms with Gasteiger partial charge in [-0.05, 0) is 60.6 Å². The molecule has 2 aromatic rings. The van der Waals surface area contributed by atoms with E-state index in [0.717, 1.165) is 25.0 Å². The molecular formula is C27H32ClF2NO5S. The minimum atomic E-state index is -4.29. The number of rotatable bonds is 5. The van der Waals surface area contributed by atoms with Crippen LogP contribution in [0.25, 0.3) is 0 Å². The van der Waals surface area contributed by atoms with Gasteiger partial charge in [0.2, 0.25) is 0 Å². The summed E-state index contributed by atoms with van der Waals surface area (Å²) >= 11 is 5.95. The highest BCUT2D eigenvalue weighted by molar-refractivity contribution is 7.92. The molecule has 1 unspecified atom stereocenters. The van der Waals surface area contributed by atoms with E-state index in [0.29, 0.717) is 24.0 Å². The molecule has 0 aliphatic carbocycles. The smallest absolute Gasteiger partial charge is 0.409 e. The summed E-state index contributed by atoms with van der Waals surface area (Å²) in [7, 11) is -4.29. The number of ether oxygens (including phenoxy) is 2. The lowest BCUT2D eigenvalue weighted by Crippen LogP contribution is -2.44. The van der Waals surface area contributed by atoms with Gasteiger partial charge in [-0.3, -0.25) is 0 Å². The largest absolute Gasteiger partial charge is 0.490 e. The molecule has 1 fully saturated rings. The van der Waals surface area contributed by atoms with Crippen molar-refractivity contribution in [3.63, 3.8) is 0 Å². The minimum Gasteiger partial charge on any atom is -0.490 e. The van der Waals surface area contributed by atoms with E-state index in [1.165, 1.54) is 24.3 Å². The average molecular weight is 556 g/mol. The van der Waals surface area contributed by atoms with Crippen molar-refractivity contribution in [2.75, 3.05) is 26.3 Å². The van der Waals surface area contributed by atoms with Crippen molar-refractivity contribution < 1.29 is 31.5 Å². The molecule has 1 atom stereocenters. The second-order valence-electron chi connectivity index (χ2n) is 10.8. The fourth-order valence-electron chi connectivity index (χ4n) is 5.36. The van der Waals surface area contributed by atoms with Crippen LogP contribution in [0.15, 0.2) is 41.3 Å². The van der Waals surface area contributed by atoms with Gasteiger partial charge in [-0.2, -0.15) is 0 Å². The van der Waals surface area contributed by atoms with Crippen molar-refractivity contribution in [3.8, 4) is 5.75 Å². The number of halogens is 3. The molecule has 4 rings (SSSR count). The highest BCUT2D eigenvalue weighted by atomic mass is 35.5. The number of nitrogens with zero attached hydrogens (tertiary/aromatic N) is 1. The topological polar surface area (TPSA) is 72.9 Å². The van der Waals surface area contributed by atoms with Gasteiger partial charge in [0.05, 0.1) is 23.7 Å². The first kappa shape index (κ1) is 27.6. The summed E-state index contributed by atoms with van der Waals surface area (Å²) in [5, 5.41) is 0.335. The van der Waals surface area contributed by atoms with E-state index in [4.69, 9.17) is 21.1 Å². The number of likely N-dealkylation sites (tertiary alicyclic amines) is 1. The lowest BCUT2D eigenvalue weighted by atomic mass is 9.75. The van der Waals surface area contributed by atoms with Crippen LogP contribution in [0.5, 0.6) is 5.75 Å². The summed E-state index contributed by atoms with van der Waals surface area (Å²) < 4.78 is 66.9. The molecule has 1 saturated heterocycles. The van der Waals surface area contributed by atoms with Gasteiger partial charge in [-0.15, -0.1) is 0 Å². The molecule has 0 spiro atoms. The molecule has 10 heteroatoms. The van der Waals surface area contributed by atoms with Crippen molar-refractivity contribution >= 4 is 27.5 Å². The van der Waals surface area contributed by atoms with Gasteiger partial charge in [0.15, 0.2) is 21.4 Å². The molecule has 2 aromatic carbocycles. The van der Waals surface area contributed by atoms with Gasteiger partial charge in [0, 0.05) is 31.0 Å². The Bertz CT molecular complexity index is 1250. The molecule has 202 valence electrons. The Kier molecular flexibility index (Phi) is 7.77. The molecule has 0 radical (unpaired) electrons. The van der Waals surface area contributed by atoms with Crippen LogP contribution in [0.1, 0.15) is 52.0 Å². The SMILES string of the molecule is CC(C)(C)C1CCN(C(=O)OCCC2(S(=O)(=O)c3ccc(Cl)cc3)CCOc3c(F)ccc(F)c32)CC1. The highest BCUT2D eigenvalue weighted by Crippen LogP contribution is 2.50. The third kappa shape index (κ3) is 5.30. The van der Waals surface area contributed by atoms with Crippen molar-refractivity contribution in [2.24, 2.45) is 11.3 Å². The van der Waals surface area contributed by atoms with Gasteiger partial charge in [-0.1, -0.05) is 32.4 Å². The van der Waals surface area contributed by atoms with E-state index in [9.17, 15) is 17.6 Å². The van der Waals surface area contributed by atoms with Crippen LogP contribution in [0.3, 0.4) is 0 Å². The Hall–Kier alpha value is -2.39. The van der Waals surface area contributed by atoms with E-state index < -0.39 is 38.1 Å². The number of carbonyl (C=O) groups excluding carboxylic acids is 1. The summed E-state index contributed by atoms with van der Waals surface area (Å²) in [6, 6.07) is 7.30. The second-order valence-corrected chi connectivity index (χ2v) is 13.5.